The second kappa shape index (κ2) is 4.92. The number of carbonyl (C=O) groups excluding carboxylic acids is 2. The van der Waals surface area contributed by atoms with Crippen molar-refractivity contribution >= 4 is 50.5 Å². The molecule has 0 amide bonds. The number of aldehydes is 1. The first-order valence-electron chi connectivity index (χ1n) is 5.66. The number of ketones is 1. The topological polar surface area (TPSA) is 63.1 Å². The molecule has 0 fully saturated rings. The van der Waals surface area contributed by atoms with Crippen molar-refractivity contribution in [1.29, 1.82) is 0 Å². The van der Waals surface area contributed by atoms with Crippen LogP contribution in [0.15, 0.2) is 39.4 Å². The Labute approximate surface area is 126 Å². The van der Waals surface area contributed by atoms with Gasteiger partial charge in [0.1, 0.15) is 11.5 Å². The Morgan fingerprint density at radius 1 is 1.40 bits per heavy atom. The highest BCUT2D eigenvalue weighted by Gasteiger charge is 2.21. The smallest absolute Gasteiger partial charge is 0.242 e. The van der Waals surface area contributed by atoms with Gasteiger partial charge in [-0.3, -0.25) is 9.59 Å². The van der Waals surface area contributed by atoms with E-state index in [2.05, 4.69) is 20.9 Å². The van der Waals surface area contributed by atoms with Gasteiger partial charge in [0.15, 0.2) is 6.29 Å². The van der Waals surface area contributed by atoms with E-state index in [1.807, 2.05) is 0 Å². The van der Waals surface area contributed by atoms with Gasteiger partial charge < -0.3 is 9.40 Å². The summed E-state index contributed by atoms with van der Waals surface area (Å²) in [4.78, 5) is 25.5. The first kappa shape index (κ1) is 13.1. The normalized spacial score (nSPS) is 10.9. The van der Waals surface area contributed by atoms with E-state index in [4.69, 9.17) is 16.0 Å². The number of fused-ring (bicyclic) bond motifs is 1. The molecule has 0 aliphatic heterocycles. The van der Waals surface area contributed by atoms with Crippen molar-refractivity contribution in [2.24, 2.45) is 0 Å². The summed E-state index contributed by atoms with van der Waals surface area (Å²) < 4.78 is 6.05. The van der Waals surface area contributed by atoms with E-state index >= 15 is 0 Å². The van der Waals surface area contributed by atoms with Crippen LogP contribution in [0.3, 0.4) is 0 Å². The maximum Gasteiger partial charge on any atom is 0.242 e. The van der Waals surface area contributed by atoms with Gasteiger partial charge in [-0.05, 0) is 40.2 Å². The predicted octanol–water partition coefficient (Wildman–Crippen LogP) is 4.23. The lowest BCUT2D eigenvalue weighted by Crippen LogP contribution is -2.01. The van der Waals surface area contributed by atoms with Crippen molar-refractivity contribution in [2.45, 2.75) is 0 Å². The molecule has 0 saturated carbocycles. The van der Waals surface area contributed by atoms with Crippen molar-refractivity contribution in [1.82, 2.24) is 4.98 Å². The Morgan fingerprint density at radius 2 is 2.20 bits per heavy atom. The number of hydrogen-bond acceptors (Lipinski definition) is 3. The molecule has 0 atom stereocenters. The molecule has 3 rings (SSSR count). The van der Waals surface area contributed by atoms with Crippen molar-refractivity contribution in [3.05, 3.63) is 45.7 Å². The third-order valence-electron chi connectivity index (χ3n) is 2.96. The zero-order valence-electron chi connectivity index (χ0n) is 9.94. The van der Waals surface area contributed by atoms with Crippen LogP contribution in [-0.2, 0) is 4.79 Å². The standard InChI is InChI=1S/C14H7BrClNO3/c15-8-5-10-7(4-9(8)16)13(12-2-1-3-20-12)14(17-10)11(19)6-18/h1-6,17H. The van der Waals surface area contributed by atoms with Crippen LogP contribution in [0.1, 0.15) is 10.5 Å². The fraction of sp³-hybridized carbons (Fsp3) is 0. The molecule has 0 bridgehead atoms. The summed E-state index contributed by atoms with van der Waals surface area (Å²) in [5.41, 5.74) is 1.42. The Hall–Kier alpha value is -1.85. The van der Waals surface area contributed by atoms with Crippen LogP contribution in [-0.4, -0.2) is 17.1 Å². The van der Waals surface area contributed by atoms with Crippen LogP contribution >= 0.6 is 27.5 Å². The lowest BCUT2D eigenvalue weighted by atomic mass is 10.1. The number of carbonyl (C=O) groups is 2. The van der Waals surface area contributed by atoms with Gasteiger partial charge in [-0.1, -0.05) is 11.6 Å². The number of benzene rings is 1. The number of rotatable bonds is 3. The van der Waals surface area contributed by atoms with Gasteiger partial charge in [0, 0.05) is 15.4 Å². The molecule has 1 aromatic carbocycles. The molecule has 0 saturated heterocycles. The van der Waals surface area contributed by atoms with Gasteiger partial charge in [0.05, 0.1) is 16.8 Å². The van der Waals surface area contributed by atoms with Crippen molar-refractivity contribution < 1.29 is 14.0 Å². The number of halogens is 2. The van der Waals surface area contributed by atoms with Crippen LogP contribution < -0.4 is 0 Å². The lowest BCUT2D eigenvalue weighted by Gasteiger charge is -1.99. The Bertz CT molecular complexity index is 821. The van der Waals surface area contributed by atoms with Gasteiger partial charge in [-0.25, -0.2) is 0 Å². The monoisotopic (exact) mass is 351 g/mol. The van der Waals surface area contributed by atoms with E-state index in [1.165, 1.54) is 6.26 Å². The average molecular weight is 353 g/mol. The van der Waals surface area contributed by atoms with Crippen LogP contribution in [0, 0.1) is 0 Å². The van der Waals surface area contributed by atoms with Crippen LogP contribution in [0.5, 0.6) is 0 Å². The molecule has 0 aliphatic rings. The van der Waals surface area contributed by atoms with Crippen molar-refractivity contribution in [3.63, 3.8) is 0 Å². The van der Waals surface area contributed by atoms with Crippen molar-refractivity contribution in [2.75, 3.05) is 0 Å². The third-order valence-corrected chi connectivity index (χ3v) is 4.16. The number of Topliss-reactive ketones (excluding diaryl/α,β-unsaturated/α-hetero) is 1. The molecule has 20 heavy (non-hydrogen) atoms. The molecule has 100 valence electrons. The summed E-state index contributed by atoms with van der Waals surface area (Å²) in [6.45, 7) is 0. The van der Waals surface area contributed by atoms with Gasteiger partial charge in [0.2, 0.25) is 5.78 Å². The highest BCUT2D eigenvalue weighted by atomic mass is 79.9. The van der Waals surface area contributed by atoms with E-state index in [-0.39, 0.29) is 12.0 Å². The maximum atomic E-state index is 11.8. The highest BCUT2D eigenvalue weighted by Crippen LogP contribution is 2.37. The third kappa shape index (κ3) is 1.99. The maximum absolute atomic E-state index is 11.8. The number of hydrogen-bond donors (Lipinski definition) is 1. The van der Waals surface area contributed by atoms with Gasteiger partial charge in [0.25, 0.3) is 0 Å². The zero-order chi connectivity index (χ0) is 14.3. The number of aromatic amines is 1. The first-order chi connectivity index (χ1) is 9.61. The summed E-state index contributed by atoms with van der Waals surface area (Å²) in [6, 6.07) is 6.91. The minimum atomic E-state index is -0.639. The molecular weight excluding hydrogens is 346 g/mol. The molecule has 6 heteroatoms. The zero-order valence-corrected chi connectivity index (χ0v) is 12.3. The van der Waals surface area contributed by atoms with E-state index < -0.39 is 5.78 Å². The number of furan rings is 1. The molecule has 3 aromatic rings. The number of nitrogens with one attached hydrogen (secondary N) is 1. The minimum absolute atomic E-state index is 0.194. The van der Waals surface area contributed by atoms with Crippen LogP contribution in [0.2, 0.25) is 5.02 Å². The molecular formula is C14H7BrClNO3. The molecule has 0 spiro atoms. The van der Waals surface area contributed by atoms with Gasteiger partial charge in [-0.15, -0.1) is 0 Å². The van der Waals surface area contributed by atoms with Crippen LogP contribution in [0.25, 0.3) is 22.2 Å². The predicted molar refractivity (Wildman–Crippen MR) is 79.1 cm³/mol. The van der Waals surface area contributed by atoms with E-state index in [0.717, 1.165) is 5.39 Å². The molecule has 2 aromatic heterocycles. The summed E-state index contributed by atoms with van der Waals surface area (Å²) in [5.74, 6) is -0.139. The van der Waals surface area contributed by atoms with Crippen molar-refractivity contribution in [3.8, 4) is 11.3 Å². The van der Waals surface area contributed by atoms with E-state index in [0.29, 0.717) is 26.3 Å². The summed E-state index contributed by atoms with van der Waals surface area (Å²) in [5, 5.41) is 1.23. The summed E-state index contributed by atoms with van der Waals surface area (Å²) in [6.07, 6.45) is 1.78. The number of aromatic nitrogens is 1. The highest BCUT2D eigenvalue weighted by molar-refractivity contribution is 9.10. The minimum Gasteiger partial charge on any atom is -0.464 e. The largest absolute Gasteiger partial charge is 0.464 e. The number of H-pyrrole nitrogens is 1. The lowest BCUT2D eigenvalue weighted by molar-refractivity contribution is -0.104. The fourth-order valence-corrected chi connectivity index (χ4v) is 2.62. The van der Waals surface area contributed by atoms with E-state index in [9.17, 15) is 9.59 Å². The molecule has 1 N–H and O–H groups in total. The Kier molecular flexibility index (Phi) is 3.23. The second-order valence-electron chi connectivity index (χ2n) is 4.15. The average Bonchev–Trinajstić information content (AvgIpc) is 3.05. The van der Waals surface area contributed by atoms with Gasteiger partial charge >= 0.3 is 0 Å². The quantitative estimate of drug-likeness (QED) is 0.436. The molecule has 0 aliphatic carbocycles. The molecule has 0 unspecified atom stereocenters. The van der Waals surface area contributed by atoms with Crippen LogP contribution in [0.4, 0.5) is 0 Å². The fourth-order valence-electron chi connectivity index (χ4n) is 2.11. The SMILES string of the molecule is O=CC(=O)c1[nH]c2cc(Br)c(Cl)cc2c1-c1ccco1. The Balaban J connectivity index is 2.41. The molecule has 2 heterocycles. The van der Waals surface area contributed by atoms with E-state index in [1.54, 1.807) is 24.3 Å². The summed E-state index contributed by atoms with van der Waals surface area (Å²) in [7, 11) is 0. The Morgan fingerprint density at radius 3 is 2.85 bits per heavy atom. The first-order valence-corrected chi connectivity index (χ1v) is 6.83. The summed E-state index contributed by atoms with van der Waals surface area (Å²) >= 11 is 9.42. The molecule has 0 radical (unpaired) electrons. The van der Waals surface area contributed by atoms with Gasteiger partial charge in [-0.2, -0.15) is 0 Å². The molecule has 4 nitrogen and oxygen atoms in total. The second-order valence-corrected chi connectivity index (χ2v) is 5.41.